The van der Waals surface area contributed by atoms with Gasteiger partial charge in [-0.1, -0.05) is 24.3 Å². The van der Waals surface area contributed by atoms with E-state index in [0.717, 1.165) is 51.3 Å². The predicted octanol–water partition coefficient (Wildman–Crippen LogP) is 3.29. The molecule has 0 N–H and O–H groups in total. The van der Waals surface area contributed by atoms with Crippen LogP contribution in [-0.2, 0) is 9.53 Å². The standard InChI is InChI=1S/C25H31FN2O5/c1-30-21-11-7-8-18(23(21)31-2)22-24(33-20-10-4-3-9-19(20)26)25(29)28(22)13-6-5-12-27-14-16-32-17-15-27/h3-4,7-11,22,24H,5-6,12-17H2,1-2H3/t22-,24-/m0/s1. The Morgan fingerprint density at radius 1 is 0.970 bits per heavy atom. The highest BCUT2D eigenvalue weighted by Crippen LogP contribution is 2.45. The van der Waals surface area contributed by atoms with E-state index in [-0.39, 0.29) is 11.7 Å². The summed E-state index contributed by atoms with van der Waals surface area (Å²) in [6.45, 7) is 5.02. The van der Waals surface area contributed by atoms with Crippen LogP contribution in [0.15, 0.2) is 42.5 Å². The molecule has 2 aromatic rings. The van der Waals surface area contributed by atoms with Crippen LogP contribution in [0, 0.1) is 5.82 Å². The zero-order chi connectivity index (χ0) is 23.2. The summed E-state index contributed by atoms with van der Waals surface area (Å²) in [5, 5.41) is 0. The molecule has 2 aliphatic heterocycles. The molecule has 2 fully saturated rings. The van der Waals surface area contributed by atoms with Gasteiger partial charge in [0.25, 0.3) is 5.91 Å². The Labute approximate surface area is 194 Å². The molecule has 2 heterocycles. The number of halogens is 1. The van der Waals surface area contributed by atoms with E-state index < -0.39 is 18.0 Å². The van der Waals surface area contributed by atoms with Crippen LogP contribution in [0.5, 0.6) is 17.2 Å². The molecule has 1 amide bonds. The first-order valence-corrected chi connectivity index (χ1v) is 11.4. The van der Waals surface area contributed by atoms with E-state index in [4.69, 9.17) is 18.9 Å². The van der Waals surface area contributed by atoms with Crippen LogP contribution < -0.4 is 14.2 Å². The van der Waals surface area contributed by atoms with Crippen LogP contribution in [0.4, 0.5) is 4.39 Å². The first-order valence-electron chi connectivity index (χ1n) is 11.4. The summed E-state index contributed by atoms with van der Waals surface area (Å²) in [6.07, 6.45) is 1.00. The molecule has 7 nitrogen and oxygen atoms in total. The molecular weight excluding hydrogens is 427 g/mol. The monoisotopic (exact) mass is 458 g/mol. The molecule has 2 saturated heterocycles. The number of morpholine rings is 1. The smallest absolute Gasteiger partial charge is 0.266 e. The fourth-order valence-corrected chi connectivity index (χ4v) is 4.48. The van der Waals surface area contributed by atoms with Gasteiger partial charge in [-0.05, 0) is 37.6 Å². The molecular formula is C25H31FN2O5. The second-order valence-electron chi connectivity index (χ2n) is 8.19. The zero-order valence-corrected chi connectivity index (χ0v) is 19.2. The lowest BCUT2D eigenvalue weighted by Crippen LogP contribution is -2.61. The lowest BCUT2D eigenvalue weighted by atomic mass is 9.89. The summed E-state index contributed by atoms with van der Waals surface area (Å²) in [5.74, 6) is 0.545. The van der Waals surface area contributed by atoms with Crippen molar-refractivity contribution >= 4 is 5.91 Å². The Balaban J connectivity index is 1.50. The van der Waals surface area contributed by atoms with Gasteiger partial charge < -0.3 is 23.8 Å². The number of amides is 1. The molecule has 0 aliphatic carbocycles. The molecule has 33 heavy (non-hydrogen) atoms. The first kappa shape index (κ1) is 23.3. The summed E-state index contributed by atoms with van der Waals surface area (Å²) in [5.41, 5.74) is 0.783. The number of carbonyl (C=O) groups excluding carboxylic acids is 1. The number of para-hydroxylation sites is 2. The molecule has 2 aliphatic rings. The van der Waals surface area contributed by atoms with Crippen molar-refractivity contribution in [3.63, 3.8) is 0 Å². The van der Waals surface area contributed by atoms with Crippen LogP contribution in [-0.4, -0.2) is 75.4 Å². The number of benzene rings is 2. The van der Waals surface area contributed by atoms with Crippen LogP contribution >= 0.6 is 0 Å². The van der Waals surface area contributed by atoms with E-state index in [0.29, 0.717) is 18.0 Å². The van der Waals surface area contributed by atoms with Crippen LogP contribution in [0.2, 0.25) is 0 Å². The molecule has 0 aromatic heterocycles. The number of likely N-dealkylation sites (tertiary alicyclic amines) is 1. The van der Waals surface area contributed by atoms with Crippen molar-refractivity contribution in [3.05, 3.63) is 53.8 Å². The maximum absolute atomic E-state index is 14.2. The quantitative estimate of drug-likeness (QED) is 0.402. The largest absolute Gasteiger partial charge is 0.493 e. The molecule has 0 saturated carbocycles. The average Bonchev–Trinajstić information content (AvgIpc) is 2.85. The Morgan fingerprint density at radius 2 is 1.70 bits per heavy atom. The second kappa shape index (κ2) is 10.9. The predicted molar refractivity (Wildman–Crippen MR) is 121 cm³/mol. The van der Waals surface area contributed by atoms with Gasteiger partial charge in [-0.3, -0.25) is 9.69 Å². The van der Waals surface area contributed by atoms with E-state index in [1.54, 1.807) is 31.3 Å². The molecule has 0 spiro atoms. The number of methoxy groups -OCH3 is 2. The topological polar surface area (TPSA) is 60.5 Å². The number of unbranched alkanes of at least 4 members (excludes halogenated alkanes) is 1. The SMILES string of the molecule is COc1cccc([C@H]2[C@H](Oc3ccccc3F)C(=O)N2CCCCN2CCOCC2)c1OC. The molecule has 0 unspecified atom stereocenters. The number of ether oxygens (including phenoxy) is 4. The van der Waals surface area contributed by atoms with Crippen molar-refractivity contribution in [1.82, 2.24) is 9.80 Å². The number of hydrogen-bond acceptors (Lipinski definition) is 6. The number of rotatable bonds is 10. The van der Waals surface area contributed by atoms with Crippen molar-refractivity contribution in [2.45, 2.75) is 25.0 Å². The minimum absolute atomic E-state index is 0.0645. The second-order valence-corrected chi connectivity index (χ2v) is 8.19. The zero-order valence-electron chi connectivity index (χ0n) is 19.2. The molecule has 0 radical (unpaired) electrons. The van der Waals surface area contributed by atoms with Crippen molar-refractivity contribution < 1.29 is 28.1 Å². The minimum Gasteiger partial charge on any atom is -0.493 e. The van der Waals surface area contributed by atoms with E-state index in [1.807, 2.05) is 18.2 Å². The summed E-state index contributed by atoms with van der Waals surface area (Å²) < 4.78 is 36.6. The summed E-state index contributed by atoms with van der Waals surface area (Å²) in [6, 6.07) is 11.3. The van der Waals surface area contributed by atoms with Crippen LogP contribution in [0.1, 0.15) is 24.4 Å². The molecule has 2 atom stereocenters. The van der Waals surface area contributed by atoms with Crippen LogP contribution in [0.3, 0.4) is 0 Å². The summed E-state index contributed by atoms with van der Waals surface area (Å²) >= 11 is 0. The molecule has 8 heteroatoms. The lowest BCUT2D eigenvalue weighted by Gasteiger charge is -2.47. The number of carbonyl (C=O) groups is 1. The van der Waals surface area contributed by atoms with E-state index in [9.17, 15) is 9.18 Å². The number of nitrogens with zero attached hydrogens (tertiary/aromatic N) is 2. The Morgan fingerprint density at radius 3 is 2.42 bits per heavy atom. The summed E-state index contributed by atoms with van der Waals surface area (Å²) in [4.78, 5) is 17.3. The van der Waals surface area contributed by atoms with Crippen molar-refractivity contribution in [2.75, 3.05) is 53.6 Å². The molecule has 4 rings (SSSR count). The van der Waals surface area contributed by atoms with Crippen LogP contribution in [0.25, 0.3) is 0 Å². The van der Waals surface area contributed by atoms with Gasteiger partial charge in [0.1, 0.15) is 6.04 Å². The number of β-lactam (4-membered cyclic amide) rings is 1. The first-order chi connectivity index (χ1) is 16.1. The molecule has 178 valence electrons. The molecule has 2 aromatic carbocycles. The Bertz CT molecular complexity index is 950. The van der Waals surface area contributed by atoms with Gasteiger partial charge in [0.15, 0.2) is 23.1 Å². The summed E-state index contributed by atoms with van der Waals surface area (Å²) in [7, 11) is 3.14. The van der Waals surface area contributed by atoms with Crippen molar-refractivity contribution in [1.29, 1.82) is 0 Å². The maximum Gasteiger partial charge on any atom is 0.266 e. The van der Waals surface area contributed by atoms with Gasteiger partial charge in [-0.25, -0.2) is 4.39 Å². The van der Waals surface area contributed by atoms with Crippen molar-refractivity contribution in [2.24, 2.45) is 0 Å². The van der Waals surface area contributed by atoms with Gasteiger partial charge in [0, 0.05) is 25.2 Å². The van der Waals surface area contributed by atoms with E-state index >= 15 is 0 Å². The normalized spacial score (nSPS) is 20.9. The van der Waals surface area contributed by atoms with Gasteiger partial charge >= 0.3 is 0 Å². The highest BCUT2D eigenvalue weighted by Gasteiger charge is 2.51. The third kappa shape index (κ3) is 5.07. The Hall–Kier alpha value is -2.84. The van der Waals surface area contributed by atoms with Gasteiger partial charge in [0.05, 0.1) is 27.4 Å². The third-order valence-electron chi connectivity index (χ3n) is 6.22. The van der Waals surface area contributed by atoms with Gasteiger partial charge in [-0.2, -0.15) is 0 Å². The fraction of sp³-hybridized carbons (Fsp3) is 0.480. The fourth-order valence-electron chi connectivity index (χ4n) is 4.48. The van der Waals surface area contributed by atoms with E-state index in [1.165, 1.54) is 12.1 Å². The van der Waals surface area contributed by atoms with Crippen molar-refractivity contribution in [3.8, 4) is 17.2 Å². The average molecular weight is 459 g/mol. The highest BCUT2D eigenvalue weighted by atomic mass is 19.1. The maximum atomic E-state index is 14.2. The van der Waals surface area contributed by atoms with Gasteiger partial charge in [-0.15, -0.1) is 0 Å². The Kier molecular flexibility index (Phi) is 7.67. The lowest BCUT2D eigenvalue weighted by molar-refractivity contribution is -0.164. The third-order valence-corrected chi connectivity index (χ3v) is 6.22. The van der Waals surface area contributed by atoms with Gasteiger partial charge in [0.2, 0.25) is 6.10 Å². The highest BCUT2D eigenvalue weighted by molar-refractivity contribution is 5.89. The van der Waals surface area contributed by atoms with E-state index in [2.05, 4.69) is 4.90 Å². The number of hydrogen-bond donors (Lipinski definition) is 0. The minimum atomic E-state index is -0.831. The molecule has 0 bridgehead atoms.